The number of fused-ring (bicyclic) bond motifs is 4. The fourth-order valence-corrected chi connectivity index (χ4v) is 5.59. The molecule has 5 heterocycles. The second kappa shape index (κ2) is 5.30. The van der Waals surface area contributed by atoms with Gasteiger partial charge in [-0.3, -0.25) is 14.5 Å². The fourth-order valence-electron chi connectivity index (χ4n) is 5.59. The maximum Gasteiger partial charge on any atom is 0.311 e. The van der Waals surface area contributed by atoms with Crippen LogP contribution in [-0.4, -0.2) is 40.9 Å². The number of esters is 1. The highest BCUT2D eigenvalue weighted by molar-refractivity contribution is 6.14. The first kappa shape index (κ1) is 15.8. The van der Waals surface area contributed by atoms with Gasteiger partial charge in [0, 0.05) is 35.8 Å². The highest BCUT2D eigenvalue weighted by atomic mass is 16.5. The van der Waals surface area contributed by atoms with E-state index in [0.717, 1.165) is 35.1 Å². The number of hydrogen-bond acceptors (Lipinski definition) is 4. The van der Waals surface area contributed by atoms with Crippen LogP contribution in [0, 0.1) is 11.8 Å². The van der Waals surface area contributed by atoms with Gasteiger partial charge in [-0.2, -0.15) is 0 Å². The van der Waals surface area contributed by atoms with E-state index in [1.54, 1.807) is 0 Å². The number of carbonyl (C=O) groups excluding carboxylic acids is 2. The molecule has 0 N–H and O–H groups in total. The Kier molecular flexibility index (Phi) is 3.23. The Bertz CT molecular complexity index is 987. The lowest BCUT2D eigenvalue weighted by atomic mass is 9.63. The Balaban J connectivity index is 1.77. The van der Waals surface area contributed by atoms with Crippen molar-refractivity contribution < 1.29 is 14.3 Å². The van der Waals surface area contributed by atoms with Gasteiger partial charge in [0.25, 0.3) is 0 Å². The van der Waals surface area contributed by atoms with E-state index in [1.165, 1.54) is 12.7 Å². The summed E-state index contributed by atoms with van der Waals surface area (Å²) in [6, 6.07) is 7.83. The molecule has 0 spiro atoms. The number of nitrogens with zero attached hydrogens (tertiary/aromatic N) is 2. The molecule has 0 radical (unpaired) electrons. The molecule has 0 saturated carbocycles. The molecule has 0 aliphatic carbocycles. The molecule has 0 amide bonds. The van der Waals surface area contributed by atoms with E-state index in [9.17, 15) is 9.59 Å². The van der Waals surface area contributed by atoms with E-state index in [1.807, 2.05) is 32.2 Å². The van der Waals surface area contributed by atoms with Gasteiger partial charge in [0.15, 0.2) is 5.78 Å². The number of carbonyl (C=O) groups is 2. The van der Waals surface area contributed by atoms with Crippen LogP contribution in [0.1, 0.15) is 35.4 Å². The van der Waals surface area contributed by atoms with Gasteiger partial charge in [0.05, 0.1) is 25.1 Å². The first-order valence-corrected chi connectivity index (χ1v) is 9.18. The molecule has 6 rings (SSSR count). The Morgan fingerprint density at radius 1 is 1.31 bits per heavy atom. The van der Waals surface area contributed by atoms with Crippen LogP contribution in [0.2, 0.25) is 0 Å². The van der Waals surface area contributed by atoms with Crippen LogP contribution in [0.3, 0.4) is 0 Å². The van der Waals surface area contributed by atoms with E-state index in [2.05, 4.69) is 21.6 Å². The van der Waals surface area contributed by atoms with Crippen LogP contribution in [0.15, 0.2) is 35.9 Å². The van der Waals surface area contributed by atoms with Crippen molar-refractivity contribution >= 4 is 22.7 Å². The number of aromatic nitrogens is 1. The Morgan fingerprint density at radius 3 is 2.81 bits per heavy atom. The lowest BCUT2D eigenvalue weighted by Gasteiger charge is -2.56. The average Bonchev–Trinajstić information content (AvgIpc) is 2.98. The predicted molar refractivity (Wildman–Crippen MR) is 97.9 cm³/mol. The van der Waals surface area contributed by atoms with Crippen molar-refractivity contribution in [2.24, 2.45) is 18.9 Å². The Labute approximate surface area is 152 Å². The van der Waals surface area contributed by atoms with E-state index in [4.69, 9.17) is 4.74 Å². The molecule has 1 unspecified atom stereocenters. The van der Waals surface area contributed by atoms with E-state index >= 15 is 0 Å². The van der Waals surface area contributed by atoms with Crippen molar-refractivity contribution in [2.45, 2.75) is 25.4 Å². The van der Waals surface area contributed by atoms with Gasteiger partial charge >= 0.3 is 5.97 Å². The number of ketones is 1. The van der Waals surface area contributed by atoms with Crippen molar-refractivity contribution in [3.63, 3.8) is 0 Å². The minimum absolute atomic E-state index is 0.0725. The summed E-state index contributed by atoms with van der Waals surface area (Å²) in [5.41, 5.74) is 4.25. The fraction of sp³-hybridized carbons (Fsp3) is 0.429. The topological polar surface area (TPSA) is 51.5 Å². The van der Waals surface area contributed by atoms with Crippen molar-refractivity contribution in [3.8, 4) is 0 Å². The summed E-state index contributed by atoms with van der Waals surface area (Å²) in [4.78, 5) is 28.4. The van der Waals surface area contributed by atoms with Gasteiger partial charge < -0.3 is 9.30 Å². The summed E-state index contributed by atoms with van der Waals surface area (Å²) in [5, 5.41) is 0.999. The van der Waals surface area contributed by atoms with Gasteiger partial charge in [-0.15, -0.1) is 0 Å². The molecule has 5 atom stereocenters. The zero-order valence-electron chi connectivity index (χ0n) is 15.2. The minimum atomic E-state index is -0.409. The lowest BCUT2D eigenvalue weighted by molar-refractivity contribution is -0.155. The van der Waals surface area contributed by atoms with Crippen LogP contribution < -0.4 is 0 Å². The number of ether oxygens (including phenoxy) is 1. The third kappa shape index (κ3) is 1.74. The molecular weight excluding hydrogens is 328 g/mol. The average molecular weight is 350 g/mol. The van der Waals surface area contributed by atoms with Gasteiger partial charge in [-0.05, 0) is 25.3 Å². The largest absolute Gasteiger partial charge is 0.469 e. The zero-order valence-corrected chi connectivity index (χ0v) is 15.2. The number of piperidine rings is 3. The van der Waals surface area contributed by atoms with Crippen LogP contribution in [-0.2, 0) is 16.6 Å². The van der Waals surface area contributed by atoms with Crippen LogP contribution in [0.5, 0.6) is 0 Å². The number of benzene rings is 1. The van der Waals surface area contributed by atoms with Gasteiger partial charge in [-0.25, -0.2) is 0 Å². The van der Waals surface area contributed by atoms with E-state index in [0.29, 0.717) is 0 Å². The van der Waals surface area contributed by atoms with Crippen LogP contribution >= 0.6 is 0 Å². The molecule has 1 aromatic heterocycles. The second-order valence-electron chi connectivity index (χ2n) is 7.59. The summed E-state index contributed by atoms with van der Waals surface area (Å²) < 4.78 is 7.28. The van der Waals surface area contributed by atoms with E-state index < -0.39 is 12.0 Å². The summed E-state index contributed by atoms with van der Waals surface area (Å²) in [7, 11) is 3.47. The van der Waals surface area contributed by atoms with E-state index in [-0.39, 0.29) is 23.7 Å². The number of para-hydroxylation sites is 1. The molecule has 2 aromatic rings. The second-order valence-corrected chi connectivity index (χ2v) is 7.59. The Morgan fingerprint density at radius 2 is 2.08 bits per heavy atom. The SMILES string of the molecule is C/C=C1\CN2[C@H]3C[C@@H]1[C@@H](C(=O)OC)[C@@H]2C(=O)c1c3n(C)c2ccccc12. The van der Waals surface area contributed by atoms with Crippen molar-refractivity contribution in [2.75, 3.05) is 13.7 Å². The first-order valence-electron chi connectivity index (χ1n) is 9.18. The molecule has 1 aromatic carbocycles. The Hall–Kier alpha value is -2.40. The standard InChI is InChI=1S/C21H22N2O3/c1-4-11-10-23-15-9-13(11)17(21(25)26-3)19(23)20(24)16-12-7-5-6-8-14(12)22(2)18(15)16/h4-8,13,15,17,19H,9-10H2,1-3H3/b11-4+/t13-,15-,17+,19+/m0/s1. The zero-order chi connectivity index (χ0) is 18.2. The first-order chi connectivity index (χ1) is 12.6. The summed E-state index contributed by atoms with van der Waals surface area (Å²) in [6.07, 6.45) is 2.97. The molecule has 134 valence electrons. The maximum atomic E-state index is 13.6. The molecule has 3 fully saturated rings. The van der Waals surface area contributed by atoms with Crippen molar-refractivity contribution in [1.82, 2.24) is 9.47 Å². The molecule has 4 aliphatic rings. The molecular formula is C21H22N2O3. The predicted octanol–water partition coefficient (Wildman–Crippen LogP) is 2.86. The molecule has 4 bridgehead atoms. The molecule has 5 heteroatoms. The third-order valence-electron chi connectivity index (χ3n) is 6.68. The lowest BCUT2D eigenvalue weighted by Crippen LogP contribution is -2.64. The third-order valence-corrected chi connectivity index (χ3v) is 6.68. The highest BCUT2D eigenvalue weighted by Gasteiger charge is 2.59. The monoisotopic (exact) mass is 350 g/mol. The maximum absolute atomic E-state index is 13.6. The summed E-state index contributed by atoms with van der Waals surface area (Å²) in [6.45, 7) is 2.78. The molecule has 5 nitrogen and oxygen atoms in total. The van der Waals surface area contributed by atoms with Gasteiger partial charge in [0.2, 0.25) is 0 Å². The number of methoxy groups -OCH3 is 1. The molecule has 4 aliphatic heterocycles. The highest BCUT2D eigenvalue weighted by Crippen LogP contribution is 2.54. The number of Topliss-reactive ketones (excluding diaryl/α,β-unsaturated/α-hetero) is 1. The summed E-state index contributed by atoms with van der Waals surface area (Å²) in [5.74, 6) is -0.513. The smallest absolute Gasteiger partial charge is 0.311 e. The normalized spacial score (nSPS) is 33.6. The van der Waals surface area contributed by atoms with Crippen molar-refractivity contribution in [1.29, 1.82) is 0 Å². The quantitative estimate of drug-likeness (QED) is 0.586. The molecule has 3 saturated heterocycles. The number of allylic oxidation sites excluding steroid dienone is 1. The van der Waals surface area contributed by atoms with Gasteiger partial charge in [0.1, 0.15) is 0 Å². The van der Waals surface area contributed by atoms with Gasteiger partial charge in [-0.1, -0.05) is 29.8 Å². The van der Waals surface area contributed by atoms with Crippen LogP contribution in [0.4, 0.5) is 0 Å². The van der Waals surface area contributed by atoms with Crippen molar-refractivity contribution in [3.05, 3.63) is 47.2 Å². The van der Waals surface area contributed by atoms with Crippen LogP contribution in [0.25, 0.3) is 10.9 Å². The number of hydrogen-bond donors (Lipinski definition) is 0. The summed E-state index contributed by atoms with van der Waals surface area (Å²) >= 11 is 0. The number of aryl methyl sites for hydroxylation is 1. The molecule has 26 heavy (non-hydrogen) atoms. The minimum Gasteiger partial charge on any atom is -0.469 e. The number of rotatable bonds is 1.